The highest BCUT2D eigenvalue weighted by molar-refractivity contribution is 14.0. The number of aromatic nitrogens is 1. The van der Waals surface area contributed by atoms with Gasteiger partial charge >= 0.3 is 0 Å². The molecule has 0 fully saturated rings. The van der Waals surface area contributed by atoms with E-state index >= 15 is 0 Å². The van der Waals surface area contributed by atoms with E-state index in [1.165, 1.54) is 6.07 Å². The molecular formula is C19H28FIN4O2. The molecule has 6 nitrogen and oxygen atoms in total. The molecule has 0 radical (unpaired) electrons. The van der Waals surface area contributed by atoms with Gasteiger partial charge in [0.1, 0.15) is 13.2 Å². The number of nitrogens with zero attached hydrogens (tertiary/aromatic N) is 3. The van der Waals surface area contributed by atoms with Crippen LogP contribution < -0.4 is 10.1 Å². The Hall–Kier alpha value is -1.84. The first-order valence-electron chi connectivity index (χ1n) is 8.83. The van der Waals surface area contributed by atoms with Gasteiger partial charge in [0.05, 0.1) is 12.2 Å². The standard InChI is InChI=1S/C19H27FN4O2.HI/c1-5-21-19(22-13-15-12-17(14(2)3)23-26-15)24(4)10-11-25-18-9-7-6-8-16(18)20;/h6-9,12,14H,5,10-11,13H2,1-4H3,(H,21,22);1H. The number of rotatable bonds is 8. The smallest absolute Gasteiger partial charge is 0.194 e. The third-order valence-corrected chi connectivity index (χ3v) is 3.77. The maximum atomic E-state index is 13.6. The number of ether oxygens (including phenoxy) is 1. The first-order chi connectivity index (χ1) is 12.5. The van der Waals surface area contributed by atoms with Gasteiger partial charge in [-0.05, 0) is 25.0 Å². The summed E-state index contributed by atoms with van der Waals surface area (Å²) in [6.45, 7) is 8.20. The fourth-order valence-electron chi connectivity index (χ4n) is 2.26. The van der Waals surface area contributed by atoms with Crippen molar-refractivity contribution in [1.82, 2.24) is 15.4 Å². The maximum absolute atomic E-state index is 13.6. The van der Waals surface area contributed by atoms with Crippen molar-refractivity contribution in [2.75, 3.05) is 26.7 Å². The Bertz CT molecular complexity index is 721. The lowest BCUT2D eigenvalue weighted by atomic mass is 10.1. The first-order valence-corrected chi connectivity index (χ1v) is 8.83. The predicted octanol–water partition coefficient (Wildman–Crippen LogP) is 4.03. The zero-order chi connectivity index (χ0) is 18.9. The molecule has 1 aromatic heterocycles. The van der Waals surface area contributed by atoms with Crippen molar-refractivity contribution < 1.29 is 13.7 Å². The van der Waals surface area contributed by atoms with Gasteiger partial charge in [-0.15, -0.1) is 24.0 Å². The Morgan fingerprint density at radius 2 is 2.11 bits per heavy atom. The molecule has 2 rings (SSSR count). The molecule has 0 amide bonds. The van der Waals surface area contributed by atoms with E-state index in [0.717, 1.165) is 24.0 Å². The molecule has 2 aromatic rings. The third kappa shape index (κ3) is 7.36. The average molecular weight is 490 g/mol. The molecule has 0 aliphatic carbocycles. The lowest BCUT2D eigenvalue weighted by Crippen LogP contribution is -2.40. The number of hydrogen-bond donors (Lipinski definition) is 1. The van der Waals surface area contributed by atoms with Crippen molar-refractivity contribution in [2.45, 2.75) is 33.2 Å². The van der Waals surface area contributed by atoms with E-state index in [0.29, 0.717) is 25.6 Å². The summed E-state index contributed by atoms with van der Waals surface area (Å²) in [5.74, 6) is 1.67. The maximum Gasteiger partial charge on any atom is 0.194 e. The summed E-state index contributed by atoms with van der Waals surface area (Å²) >= 11 is 0. The summed E-state index contributed by atoms with van der Waals surface area (Å²) < 4.78 is 24.4. The van der Waals surface area contributed by atoms with Crippen molar-refractivity contribution in [3.8, 4) is 5.75 Å². The molecule has 0 bridgehead atoms. The van der Waals surface area contributed by atoms with Crippen LogP contribution in [0.15, 0.2) is 39.8 Å². The van der Waals surface area contributed by atoms with Gasteiger partial charge in [0.15, 0.2) is 23.3 Å². The largest absolute Gasteiger partial charge is 0.489 e. The van der Waals surface area contributed by atoms with Crippen molar-refractivity contribution in [3.05, 3.63) is 47.6 Å². The van der Waals surface area contributed by atoms with Crippen LogP contribution in [0.1, 0.15) is 38.1 Å². The van der Waals surface area contributed by atoms with E-state index in [4.69, 9.17) is 9.26 Å². The molecule has 8 heteroatoms. The number of aliphatic imine (C=N–C) groups is 1. The molecule has 150 valence electrons. The van der Waals surface area contributed by atoms with E-state index in [9.17, 15) is 4.39 Å². The molecule has 0 atom stereocenters. The Labute approximate surface area is 177 Å². The highest BCUT2D eigenvalue weighted by Crippen LogP contribution is 2.16. The van der Waals surface area contributed by atoms with E-state index in [1.54, 1.807) is 18.2 Å². The van der Waals surface area contributed by atoms with Gasteiger partial charge < -0.3 is 19.5 Å². The van der Waals surface area contributed by atoms with E-state index in [1.807, 2.05) is 24.9 Å². The molecule has 0 saturated carbocycles. The van der Waals surface area contributed by atoms with Crippen LogP contribution in [0.3, 0.4) is 0 Å². The second-order valence-electron chi connectivity index (χ2n) is 6.24. The second-order valence-corrected chi connectivity index (χ2v) is 6.24. The van der Waals surface area contributed by atoms with Gasteiger partial charge in [-0.2, -0.15) is 0 Å². The monoisotopic (exact) mass is 490 g/mol. The predicted molar refractivity (Wildman–Crippen MR) is 115 cm³/mol. The highest BCUT2D eigenvalue weighted by atomic mass is 127. The average Bonchev–Trinajstić information content (AvgIpc) is 3.09. The van der Waals surface area contributed by atoms with Gasteiger partial charge in [-0.1, -0.05) is 31.1 Å². The van der Waals surface area contributed by atoms with Gasteiger partial charge in [0.25, 0.3) is 0 Å². The van der Waals surface area contributed by atoms with Crippen LogP contribution in [0, 0.1) is 5.82 Å². The van der Waals surface area contributed by atoms with E-state index in [-0.39, 0.29) is 35.5 Å². The third-order valence-electron chi connectivity index (χ3n) is 3.77. The number of likely N-dealkylation sites (N-methyl/N-ethyl adjacent to an activating group) is 1. The van der Waals surface area contributed by atoms with Crippen LogP contribution in [0.4, 0.5) is 4.39 Å². The van der Waals surface area contributed by atoms with Gasteiger partial charge in [-0.25, -0.2) is 9.38 Å². The van der Waals surface area contributed by atoms with Crippen molar-refractivity contribution in [3.63, 3.8) is 0 Å². The Morgan fingerprint density at radius 3 is 2.74 bits per heavy atom. The molecule has 27 heavy (non-hydrogen) atoms. The van der Waals surface area contributed by atoms with Crippen LogP contribution in [-0.2, 0) is 6.54 Å². The van der Waals surface area contributed by atoms with Crippen molar-refractivity contribution >= 4 is 29.9 Å². The number of halogens is 2. The molecule has 0 aliphatic heterocycles. The number of para-hydroxylation sites is 1. The van der Waals surface area contributed by atoms with Crippen LogP contribution in [0.5, 0.6) is 5.75 Å². The zero-order valence-corrected chi connectivity index (χ0v) is 18.6. The second kappa shape index (κ2) is 11.8. The summed E-state index contributed by atoms with van der Waals surface area (Å²) in [6.07, 6.45) is 0. The molecule has 0 saturated heterocycles. The van der Waals surface area contributed by atoms with Crippen LogP contribution >= 0.6 is 24.0 Å². The lowest BCUT2D eigenvalue weighted by molar-refractivity contribution is 0.270. The summed E-state index contributed by atoms with van der Waals surface area (Å²) in [7, 11) is 1.91. The highest BCUT2D eigenvalue weighted by Gasteiger charge is 2.10. The molecule has 0 aliphatic rings. The fourth-order valence-corrected chi connectivity index (χ4v) is 2.26. The topological polar surface area (TPSA) is 62.9 Å². The molecule has 1 N–H and O–H groups in total. The number of hydrogen-bond acceptors (Lipinski definition) is 4. The van der Waals surface area contributed by atoms with Gasteiger partial charge in [0, 0.05) is 19.7 Å². The number of nitrogens with one attached hydrogen (secondary N) is 1. The van der Waals surface area contributed by atoms with Crippen molar-refractivity contribution in [2.24, 2.45) is 4.99 Å². The SMILES string of the molecule is CCNC(=NCc1cc(C(C)C)no1)N(C)CCOc1ccccc1F.I. The molecule has 1 heterocycles. The molecule has 1 aromatic carbocycles. The van der Waals surface area contributed by atoms with E-state index in [2.05, 4.69) is 29.3 Å². The Kier molecular flexibility index (Phi) is 10.1. The summed E-state index contributed by atoms with van der Waals surface area (Å²) in [6, 6.07) is 8.31. The number of benzene rings is 1. The van der Waals surface area contributed by atoms with E-state index < -0.39 is 0 Å². The minimum Gasteiger partial charge on any atom is -0.489 e. The summed E-state index contributed by atoms with van der Waals surface area (Å²) in [4.78, 5) is 6.50. The Morgan fingerprint density at radius 1 is 1.37 bits per heavy atom. The number of guanidine groups is 1. The molecule has 0 unspecified atom stereocenters. The lowest BCUT2D eigenvalue weighted by Gasteiger charge is -2.22. The Balaban J connectivity index is 0.00000364. The normalized spacial score (nSPS) is 11.3. The summed E-state index contributed by atoms with van der Waals surface area (Å²) in [5.41, 5.74) is 0.923. The van der Waals surface area contributed by atoms with Crippen molar-refractivity contribution in [1.29, 1.82) is 0 Å². The van der Waals surface area contributed by atoms with Crippen LogP contribution in [0.2, 0.25) is 0 Å². The summed E-state index contributed by atoms with van der Waals surface area (Å²) in [5, 5.41) is 7.27. The minimum absolute atomic E-state index is 0. The van der Waals surface area contributed by atoms with Gasteiger partial charge in [-0.3, -0.25) is 0 Å². The van der Waals surface area contributed by atoms with Gasteiger partial charge in [0.2, 0.25) is 0 Å². The zero-order valence-electron chi connectivity index (χ0n) is 16.2. The van der Waals surface area contributed by atoms with Crippen LogP contribution in [0.25, 0.3) is 0 Å². The van der Waals surface area contributed by atoms with Crippen LogP contribution in [-0.4, -0.2) is 42.8 Å². The quantitative estimate of drug-likeness (QED) is 0.344. The fraction of sp³-hybridized carbons (Fsp3) is 0.474. The minimum atomic E-state index is -0.359. The first kappa shape index (κ1) is 23.2. The molecular weight excluding hydrogens is 462 g/mol. The molecule has 0 spiro atoms.